The van der Waals surface area contributed by atoms with E-state index in [1.807, 2.05) is 0 Å². The maximum absolute atomic E-state index is 10.0. The first-order chi connectivity index (χ1) is 14.6. The van der Waals surface area contributed by atoms with Crippen molar-refractivity contribution in [2.24, 2.45) is 0 Å². The minimum Gasteiger partial charge on any atom is -0.512 e. The number of para-hydroxylation sites is 1. The average molecular weight is 609 g/mol. The molecule has 32 heavy (non-hydrogen) atoms. The Balaban J connectivity index is 0.000000558. The number of hydrogen-bond donors (Lipinski definition) is 1. The molecule has 0 aliphatic carbocycles. The first-order valence-electron chi connectivity index (χ1n) is 10.9. The average Bonchev–Trinajstić information content (AvgIpc) is 2.71. The third-order valence-corrected chi connectivity index (χ3v) is 5.76. The van der Waals surface area contributed by atoms with Crippen molar-refractivity contribution < 1.29 is 30.0 Å². The summed E-state index contributed by atoms with van der Waals surface area (Å²) in [6.45, 7) is 14.0. The van der Waals surface area contributed by atoms with E-state index in [0.29, 0.717) is 0 Å². The molecule has 0 fully saturated rings. The van der Waals surface area contributed by atoms with Gasteiger partial charge in [0, 0.05) is 31.6 Å². The number of benzene rings is 2. The van der Waals surface area contributed by atoms with Crippen LogP contribution in [-0.2, 0) is 30.3 Å². The Bertz CT molecular complexity index is 1070. The Labute approximate surface area is 206 Å². The zero-order valence-electron chi connectivity index (χ0n) is 20.2. The van der Waals surface area contributed by atoms with Gasteiger partial charge in [-0.3, -0.25) is 9.78 Å². The normalized spacial score (nSPS) is 11.4. The van der Waals surface area contributed by atoms with Crippen LogP contribution < -0.4 is 0 Å². The van der Waals surface area contributed by atoms with Gasteiger partial charge in [0.25, 0.3) is 0 Å². The number of aliphatic hydroxyl groups excluding tert-OH is 1. The van der Waals surface area contributed by atoms with E-state index >= 15 is 0 Å². The Kier molecular flexibility index (Phi) is 10.5. The molecule has 173 valence electrons. The maximum Gasteiger partial charge on any atom is 0.155 e. The summed E-state index contributed by atoms with van der Waals surface area (Å²) in [4.78, 5) is 15.0. The molecule has 0 unspecified atom stereocenters. The largest absolute Gasteiger partial charge is 0.512 e. The van der Waals surface area contributed by atoms with Gasteiger partial charge in [0.2, 0.25) is 0 Å². The molecule has 0 spiro atoms. The van der Waals surface area contributed by atoms with Crippen LogP contribution in [0, 0.1) is 19.9 Å². The number of aryl methyl sites for hydroxylation is 2. The van der Waals surface area contributed by atoms with E-state index in [9.17, 15) is 4.79 Å². The van der Waals surface area contributed by atoms with Crippen molar-refractivity contribution in [1.82, 2.24) is 4.98 Å². The number of aromatic nitrogens is 1. The number of carbonyl (C=O) groups is 1. The van der Waals surface area contributed by atoms with Gasteiger partial charge in [-0.05, 0) is 49.4 Å². The van der Waals surface area contributed by atoms with Crippen molar-refractivity contribution in [3.8, 4) is 11.3 Å². The molecule has 0 atom stereocenters. The molecule has 0 aliphatic heterocycles. The fraction of sp³-hybridized carbons (Fsp3) is 0.357. The van der Waals surface area contributed by atoms with Gasteiger partial charge in [-0.1, -0.05) is 58.9 Å². The van der Waals surface area contributed by atoms with Crippen LogP contribution in [0.25, 0.3) is 22.2 Å². The van der Waals surface area contributed by atoms with Gasteiger partial charge in [0.15, 0.2) is 5.78 Å². The summed E-state index contributed by atoms with van der Waals surface area (Å²) >= 11 is 0. The van der Waals surface area contributed by atoms with Crippen molar-refractivity contribution in [3.05, 3.63) is 77.1 Å². The second-order valence-corrected chi connectivity index (χ2v) is 8.49. The second kappa shape index (κ2) is 12.1. The molecule has 3 nitrogen and oxygen atoms in total. The van der Waals surface area contributed by atoms with Crippen LogP contribution in [0.1, 0.15) is 64.2 Å². The Hall–Kier alpha value is -2.29. The number of hydrogen-bond acceptors (Lipinski definition) is 3. The fourth-order valence-corrected chi connectivity index (χ4v) is 3.77. The van der Waals surface area contributed by atoms with Gasteiger partial charge in [-0.25, -0.2) is 0 Å². The molecule has 2 aromatic carbocycles. The van der Waals surface area contributed by atoms with Crippen molar-refractivity contribution >= 4 is 16.7 Å². The molecule has 1 N–H and O–H groups in total. The minimum absolute atomic E-state index is 0. The number of allylic oxidation sites excluding steroid dienone is 2. The van der Waals surface area contributed by atoms with Gasteiger partial charge >= 0.3 is 0 Å². The van der Waals surface area contributed by atoms with Crippen LogP contribution in [0.3, 0.4) is 0 Å². The van der Waals surface area contributed by atoms with Gasteiger partial charge < -0.3 is 5.11 Å². The van der Waals surface area contributed by atoms with Crippen molar-refractivity contribution in [2.75, 3.05) is 0 Å². The van der Waals surface area contributed by atoms with E-state index in [2.05, 4.69) is 83.1 Å². The van der Waals surface area contributed by atoms with Crippen LogP contribution in [0.5, 0.6) is 0 Å². The van der Waals surface area contributed by atoms with Crippen LogP contribution >= 0.6 is 0 Å². The van der Waals surface area contributed by atoms with E-state index in [1.54, 1.807) is 0 Å². The number of ketones is 1. The van der Waals surface area contributed by atoms with Gasteiger partial charge in [0.1, 0.15) is 0 Å². The number of fused-ring (bicyclic) bond motifs is 1. The number of aliphatic hydroxyl groups is 1. The maximum atomic E-state index is 10.0. The van der Waals surface area contributed by atoms with Crippen LogP contribution in [0.15, 0.2) is 54.3 Å². The number of pyridine rings is 1. The number of rotatable bonds is 5. The molecule has 0 saturated carbocycles. The van der Waals surface area contributed by atoms with Crippen molar-refractivity contribution in [3.63, 3.8) is 0 Å². The Morgan fingerprint density at radius 1 is 1.09 bits per heavy atom. The molecule has 0 amide bonds. The summed E-state index contributed by atoms with van der Waals surface area (Å²) in [5.74, 6) is -0.0625. The van der Waals surface area contributed by atoms with Crippen LogP contribution in [-0.4, -0.2) is 15.9 Å². The number of carbonyl (C=O) groups excluding carboxylic acids is 1. The summed E-state index contributed by atoms with van der Waals surface area (Å²) in [5, 5.41) is 9.64. The predicted octanol–water partition coefficient (Wildman–Crippen LogP) is 7.43. The fourth-order valence-electron chi connectivity index (χ4n) is 3.77. The van der Waals surface area contributed by atoms with Crippen molar-refractivity contribution in [2.45, 2.75) is 66.7 Å². The quantitative estimate of drug-likeness (QED) is 0.186. The standard InChI is InChI=1S/C23H26N.C5H8O2.Ir/c1-6-23(5,7-2)20-15-22(18-13-16(3)12-17(4)14-18)24-21-11-9-8-10-19(20)21;1-4(6)3-5(2)7;/h8-13,15H,6-7H2,1-5H3;3,6H,1-2H3;/q-1;;/b;4-3-;. The van der Waals surface area contributed by atoms with Crippen LogP contribution in [0.2, 0.25) is 0 Å². The summed E-state index contributed by atoms with van der Waals surface area (Å²) in [6, 6.07) is 18.6. The first-order valence-corrected chi connectivity index (χ1v) is 10.9. The van der Waals surface area contributed by atoms with E-state index in [-0.39, 0.29) is 37.1 Å². The second-order valence-electron chi connectivity index (χ2n) is 8.49. The summed E-state index contributed by atoms with van der Waals surface area (Å²) in [6.07, 6.45) is 3.40. The third-order valence-electron chi connectivity index (χ3n) is 5.76. The van der Waals surface area contributed by atoms with E-state index in [4.69, 9.17) is 10.1 Å². The van der Waals surface area contributed by atoms with Crippen LogP contribution in [0.4, 0.5) is 0 Å². The van der Waals surface area contributed by atoms with Crippen molar-refractivity contribution in [1.29, 1.82) is 0 Å². The third kappa shape index (κ3) is 7.12. The predicted molar refractivity (Wildman–Crippen MR) is 130 cm³/mol. The summed E-state index contributed by atoms with van der Waals surface area (Å²) < 4.78 is 0. The van der Waals surface area contributed by atoms with Gasteiger partial charge in [-0.15, -0.1) is 34.9 Å². The molecular weight excluding hydrogens is 575 g/mol. The zero-order valence-corrected chi connectivity index (χ0v) is 22.6. The Morgan fingerprint density at radius 2 is 1.72 bits per heavy atom. The van der Waals surface area contributed by atoms with Gasteiger partial charge in [0.05, 0.1) is 11.3 Å². The number of nitrogens with zero attached hydrogens (tertiary/aromatic N) is 1. The molecule has 3 rings (SSSR count). The molecule has 1 radical (unpaired) electrons. The minimum atomic E-state index is -0.125. The topological polar surface area (TPSA) is 50.2 Å². The van der Waals surface area contributed by atoms with E-state index in [0.717, 1.165) is 35.2 Å². The molecule has 3 aromatic rings. The summed E-state index contributed by atoms with van der Waals surface area (Å²) in [7, 11) is 0. The molecular formula is C28H34IrNO2-. The molecule has 4 heteroatoms. The monoisotopic (exact) mass is 609 g/mol. The van der Waals surface area contributed by atoms with Gasteiger partial charge in [-0.2, -0.15) is 0 Å². The SMILES string of the molecule is CC(=O)/C=C(/C)O.CCC(C)(CC)c1cc(-c2[c-]c(C)cc(C)c2)nc2ccccc12.[Ir]. The molecule has 0 bridgehead atoms. The molecule has 1 heterocycles. The summed E-state index contributed by atoms with van der Waals surface area (Å²) in [5.41, 5.74) is 7.18. The van der Waals surface area contributed by atoms with E-state index in [1.165, 1.54) is 36.4 Å². The van der Waals surface area contributed by atoms with E-state index < -0.39 is 0 Å². The Morgan fingerprint density at radius 3 is 2.22 bits per heavy atom. The zero-order chi connectivity index (χ0) is 23.2. The molecule has 0 aliphatic rings. The molecule has 0 saturated heterocycles. The first kappa shape index (κ1) is 27.7. The smallest absolute Gasteiger partial charge is 0.155 e. The molecule has 1 aromatic heterocycles.